The number of benzene rings is 1. The number of carbonyl (C=O) groups is 2. The Hall–Kier alpha value is -2.27. The number of aromatic nitrogens is 1. The number of hydrogen-bond donors (Lipinski definition) is 2. The van der Waals surface area contributed by atoms with E-state index in [2.05, 4.69) is 5.32 Å². The molecule has 0 saturated carbocycles. The summed E-state index contributed by atoms with van der Waals surface area (Å²) in [5.41, 5.74) is 3.09. The summed E-state index contributed by atoms with van der Waals surface area (Å²) in [6, 6.07) is 9.18. The van der Waals surface area contributed by atoms with E-state index >= 15 is 0 Å². The lowest BCUT2D eigenvalue weighted by Gasteiger charge is -2.11. The van der Waals surface area contributed by atoms with Gasteiger partial charge in [0.25, 0.3) is 5.91 Å². The van der Waals surface area contributed by atoms with E-state index in [4.69, 9.17) is 16.7 Å². The van der Waals surface area contributed by atoms with Crippen molar-refractivity contribution in [2.75, 3.05) is 6.54 Å². The Morgan fingerprint density at radius 1 is 1.30 bits per heavy atom. The van der Waals surface area contributed by atoms with Crippen molar-refractivity contribution in [3.63, 3.8) is 0 Å². The van der Waals surface area contributed by atoms with Crippen molar-refractivity contribution < 1.29 is 14.7 Å². The highest BCUT2D eigenvalue weighted by Gasteiger charge is 2.18. The van der Waals surface area contributed by atoms with Crippen LogP contribution in [0.4, 0.5) is 0 Å². The fourth-order valence-electron chi connectivity index (χ4n) is 2.43. The summed E-state index contributed by atoms with van der Waals surface area (Å²) in [5, 5.41) is 12.2. The summed E-state index contributed by atoms with van der Waals surface area (Å²) >= 11 is 6.03. The minimum Gasteiger partial charge on any atom is -0.481 e. The number of carbonyl (C=O) groups excluding carboxylic acids is 1. The average molecular weight is 335 g/mol. The van der Waals surface area contributed by atoms with Crippen LogP contribution in [-0.2, 0) is 4.79 Å². The second-order valence-electron chi connectivity index (χ2n) is 5.55. The van der Waals surface area contributed by atoms with Crippen LogP contribution in [0.1, 0.15) is 28.7 Å². The zero-order valence-corrected chi connectivity index (χ0v) is 14.0. The molecular weight excluding hydrogens is 316 g/mol. The van der Waals surface area contributed by atoms with Gasteiger partial charge in [0, 0.05) is 28.6 Å². The van der Waals surface area contributed by atoms with Crippen LogP contribution >= 0.6 is 11.6 Å². The number of rotatable bonds is 5. The van der Waals surface area contributed by atoms with E-state index in [-0.39, 0.29) is 12.5 Å². The molecule has 5 nitrogen and oxygen atoms in total. The Balaban J connectivity index is 2.27. The molecule has 2 rings (SSSR count). The highest BCUT2D eigenvalue weighted by molar-refractivity contribution is 6.30. The zero-order valence-electron chi connectivity index (χ0n) is 13.3. The topological polar surface area (TPSA) is 71.3 Å². The summed E-state index contributed by atoms with van der Waals surface area (Å²) in [6.45, 7) is 5.40. The third kappa shape index (κ3) is 3.74. The summed E-state index contributed by atoms with van der Waals surface area (Å²) in [4.78, 5) is 23.1. The van der Waals surface area contributed by atoms with Crippen molar-refractivity contribution in [1.82, 2.24) is 9.88 Å². The summed E-state index contributed by atoms with van der Waals surface area (Å²) in [5.74, 6) is -1.84. The van der Waals surface area contributed by atoms with Crippen molar-refractivity contribution in [1.29, 1.82) is 0 Å². The van der Waals surface area contributed by atoms with Gasteiger partial charge in [-0.1, -0.05) is 24.6 Å². The van der Waals surface area contributed by atoms with Crippen LogP contribution in [-0.4, -0.2) is 28.1 Å². The molecule has 0 spiro atoms. The van der Waals surface area contributed by atoms with Crippen LogP contribution in [0.15, 0.2) is 30.3 Å². The highest BCUT2D eigenvalue weighted by atomic mass is 35.5. The Bertz CT molecular complexity index is 752. The Morgan fingerprint density at radius 2 is 2.00 bits per heavy atom. The Morgan fingerprint density at radius 3 is 2.61 bits per heavy atom. The molecule has 2 N–H and O–H groups in total. The Labute approximate surface area is 139 Å². The quantitative estimate of drug-likeness (QED) is 0.882. The number of halogens is 1. The van der Waals surface area contributed by atoms with Gasteiger partial charge >= 0.3 is 5.97 Å². The molecule has 122 valence electrons. The molecule has 1 heterocycles. The standard InChI is InChI=1S/C17H19ClN2O3/c1-10(17(22)23)9-19-16(21)15-7-11(2)20(12(15)3)14-6-4-5-13(18)8-14/h4-8,10H,9H2,1-3H3,(H,19,21)(H,22,23). The van der Waals surface area contributed by atoms with Gasteiger partial charge in [-0.25, -0.2) is 0 Å². The van der Waals surface area contributed by atoms with Gasteiger partial charge in [-0.3, -0.25) is 9.59 Å². The minimum absolute atomic E-state index is 0.0923. The van der Waals surface area contributed by atoms with Crippen molar-refractivity contribution in [3.8, 4) is 5.69 Å². The van der Waals surface area contributed by atoms with Crippen molar-refractivity contribution >= 4 is 23.5 Å². The van der Waals surface area contributed by atoms with E-state index < -0.39 is 11.9 Å². The van der Waals surface area contributed by atoms with Gasteiger partial charge in [0.2, 0.25) is 0 Å². The number of amides is 1. The third-order valence-corrected chi connectivity index (χ3v) is 3.97. The zero-order chi connectivity index (χ0) is 17.1. The predicted molar refractivity (Wildman–Crippen MR) is 89.4 cm³/mol. The smallest absolute Gasteiger partial charge is 0.308 e. The van der Waals surface area contributed by atoms with Crippen LogP contribution in [0.25, 0.3) is 5.69 Å². The molecule has 0 aliphatic rings. The van der Waals surface area contributed by atoms with E-state index in [1.165, 1.54) is 0 Å². The van der Waals surface area contributed by atoms with Gasteiger partial charge in [-0.15, -0.1) is 0 Å². The average Bonchev–Trinajstić information content (AvgIpc) is 2.79. The molecule has 1 amide bonds. The summed E-state index contributed by atoms with van der Waals surface area (Å²) < 4.78 is 1.95. The monoisotopic (exact) mass is 334 g/mol. The number of nitrogens with zero attached hydrogens (tertiary/aromatic N) is 1. The van der Waals surface area contributed by atoms with Crippen molar-refractivity contribution in [2.45, 2.75) is 20.8 Å². The third-order valence-electron chi connectivity index (χ3n) is 3.73. The van der Waals surface area contributed by atoms with Crippen LogP contribution in [0.5, 0.6) is 0 Å². The van der Waals surface area contributed by atoms with E-state index in [9.17, 15) is 9.59 Å². The van der Waals surface area contributed by atoms with E-state index in [0.29, 0.717) is 10.6 Å². The maximum Gasteiger partial charge on any atom is 0.308 e. The Kier molecular flexibility index (Phi) is 5.11. The summed E-state index contributed by atoms with van der Waals surface area (Å²) in [7, 11) is 0. The first-order valence-electron chi connectivity index (χ1n) is 7.27. The molecule has 0 bridgehead atoms. The molecule has 23 heavy (non-hydrogen) atoms. The first kappa shape index (κ1) is 17.1. The SMILES string of the molecule is Cc1cc(C(=O)NCC(C)C(=O)O)c(C)n1-c1cccc(Cl)c1. The molecule has 0 radical (unpaired) electrons. The lowest BCUT2D eigenvalue weighted by molar-refractivity contribution is -0.140. The van der Waals surface area contributed by atoms with Gasteiger partial charge in [0.1, 0.15) is 0 Å². The highest BCUT2D eigenvalue weighted by Crippen LogP contribution is 2.23. The molecule has 0 fully saturated rings. The lowest BCUT2D eigenvalue weighted by atomic mass is 10.1. The van der Waals surface area contributed by atoms with Crippen LogP contribution in [0.2, 0.25) is 5.02 Å². The normalized spacial score (nSPS) is 12.0. The molecular formula is C17H19ClN2O3. The minimum atomic E-state index is -0.935. The number of nitrogens with one attached hydrogen (secondary N) is 1. The predicted octanol–water partition coefficient (Wildman–Crippen LogP) is 3.20. The molecule has 6 heteroatoms. The van der Waals surface area contributed by atoms with Gasteiger partial charge < -0.3 is 15.0 Å². The fraction of sp³-hybridized carbons (Fsp3) is 0.294. The van der Waals surface area contributed by atoms with E-state index in [0.717, 1.165) is 17.1 Å². The first-order chi connectivity index (χ1) is 10.8. The van der Waals surface area contributed by atoms with Crippen LogP contribution in [0.3, 0.4) is 0 Å². The van der Waals surface area contributed by atoms with Crippen molar-refractivity contribution in [2.24, 2.45) is 5.92 Å². The second-order valence-corrected chi connectivity index (χ2v) is 5.99. The summed E-state index contributed by atoms with van der Waals surface area (Å²) in [6.07, 6.45) is 0. The van der Waals surface area contributed by atoms with E-state index in [1.807, 2.05) is 36.6 Å². The molecule has 2 aromatic rings. The molecule has 1 aromatic carbocycles. The first-order valence-corrected chi connectivity index (χ1v) is 7.65. The van der Waals surface area contributed by atoms with Crippen LogP contribution in [0, 0.1) is 19.8 Å². The number of carboxylic acids is 1. The van der Waals surface area contributed by atoms with E-state index in [1.54, 1.807) is 19.1 Å². The van der Waals surface area contributed by atoms with Crippen LogP contribution < -0.4 is 5.32 Å². The largest absolute Gasteiger partial charge is 0.481 e. The maximum absolute atomic E-state index is 12.3. The van der Waals surface area contributed by atoms with Gasteiger partial charge in [-0.05, 0) is 38.1 Å². The molecule has 0 aliphatic carbocycles. The van der Waals surface area contributed by atoms with Gasteiger partial charge in [0.15, 0.2) is 0 Å². The second kappa shape index (κ2) is 6.87. The lowest BCUT2D eigenvalue weighted by Crippen LogP contribution is -2.31. The maximum atomic E-state index is 12.3. The molecule has 1 unspecified atom stereocenters. The van der Waals surface area contributed by atoms with Gasteiger partial charge in [0.05, 0.1) is 11.5 Å². The molecule has 0 aliphatic heterocycles. The van der Waals surface area contributed by atoms with Gasteiger partial charge in [-0.2, -0.15) is 0 Å². The number of aryl methyl sites for hydroxylation is 1. The van der Waals surface area contributed by atoms with Crippen molar-refractivity contribution in [3.05, 3.63) is 52.3 Å². The molecule has 1 atom stereocenters. The number of hydrogen-bond acceptors (Lipinski definition) is 2. The number of carboxylic acid groups (broad SMARTS) is 1. The fourth-order valence-corrected chi connectivity index (χ4v) is 2.62. The molecule has 0 saturated heterocycles. The molecule has 1 aromatic heterocycles. The number of aliphatic carboxylic acids is 1.